The van der Waals surface area contributed by atoms with Gasteiger partial charge in [-0.05, 0) is 61.7 Å². The van der Waals surface area contributed by atoms with Crippen LogP contribution >= 0.6 is 11.3 Å². The summed E-state index contributed by atoms with van der Waals surface area (Å²) in [5.41, 5.74) is 4.80. The molecule has 0 unspecified atom stereocenters. The number of hydrogen-bond acceptors (Lipinski definition) is 4. The van der Waals surface area contributed by atoms with Crippen LogP contribution in [0, 0.1) is 20.8 Å². The average molecular weight is 401 g/mol. The maximum absolute atomic E-state index is 12.3. The van der Waals surface area contributed by atoms with Gasteiger partial charge >= 0.3 is 6.36 Å². The van der Waals surface area contributed by atoms with E-state index in [1.807, 2.05) is 39.0 Å². The molecule has 0 saturated carbocycles. The summed E-state index contributed by atoms with van der Waals surface area (Å²) in [4.78, 5) is 5.29. The molecule has 2 aromatic heterocycles. The zero-order chi connectivity index (χ0) is 19.5. The number of rotatable bonds is 2. The number of alkyl halides is 3. The van der Waals surface area contributed by atoms with E-state index in [0.29, 0.717) is 0 Å². The van der Waals surface area contributed by atoms with Gasteiger partial charge in [0.15, 0.2) is 0 Å². The molecule has 4 nitrogen and oxygen atoms in total. The Kier molecular flexibility index (Phi) is 7.77. The molecule has 0 aliphatic rings. The van der Waals surface area contributed by atoms with Crippen molar-refractivity contribution in [2.45, 2.75) is 27.1 Å². The summed E-state index contributed by atoms with van der Waals surface area (Å²) in [5.74, 6) is -0.185. The third kappa shape index (κ3) is 5.92. The van der Waals surface area contributed by atoms with E-state index in [1.54, 1.807) is 14.2 Å². The molecule has 0 amide bonds. The van der Waals surface area contributed by atoms with Crippen molar-refractivity contribution in [1.29, 1.82) is 0 Å². The van der Waals surface area contributed by atoms with Crippen molar-refractivity contribution in [2.75, 3.05) is 14.2 Å². The topological polar surface area (TPSA) is 62.9 Å². The second kappa shape index (κ2) is 9.16. The Balaban J connectivity index is 0.000000855. The average Bonchev–Trinajstić information content (AvgIpc) is 2.95. The van der Waals surface area contributed by atoms with Crippen LogP contribution in [0.4, 0.5) is 13.2 Å². The number of pyridine rings is 1. The molecular formula is C19H22F3NO3S. The molecule has 0 aliphatic heterocycles. The monoisotopic (exact) mass is 401 g/mol. The minimum Gasteiger partial charge on any atom is -0.412 e. The molecule has 0 atom stereocenters. The Hall–Kier alpha value is -2.16. The van der Waals surface area contributed by atoms with Gasteiger partial charge in [0.2, 0.25) is 0 Å². The van der Waals surface area contributed by atoms with Crippen LogP contribution in [0.2, 0.25) is 0 Å². The zero-order valence-corrected chi connectivity index (χ0v) is 16.5. The molecule has 0 fully saturated rings. The van der Waals surface area contributed by atoms with Gasteiger partial charge in [0, 0.05) is 35.6 Å². The number of benzene rings is 1. The predicted molar refractivity (Wildman–Crippen MR) is 102 cm³/mol. The highest BCUT2D eigenvalue weighted by atomic mass is 32.1. The number of aryl methyl sites for hydroxylation is 3. The predicted octanol–water partition coefficient (Wildman–Crippen LogP) is 5.23. The molecule has 148 valence electrons. The number of ether oxygens (including phenoxy) is 2. The van der Waals surface area contributed by atoms with Crippen molar-refractivity contribution >= 4 is 22.2 Å². The summed E-state index contributed by atoms with van der Waals surface area (Å²) in [7, 11) is 3.25. The van der Waals surface area contributed by atoms with Crippen LogP contribution in [0.15, 0.2) is 29.6 Å². The minimum absolute atomic E-state index is 0. The van der Waals surface area contributed by atoms with Crippen LogP contribution in [0.3, 0.4) is 0 Å². The van der Waals surface area contributed by atoms with E-state index in [4.69, 9.17) is 0 Å². The molecule has 8 heteroatoms. The first kappa shape index (κ1) is 22.9. The lowest BCUT2D eigenvalue weighted by molar-refractivity contribution is -0.274. The second-order valence-corrected chi connectivity index (χ2v) is 6.76. The summed E-state index contributed by atoms with van der Waals surface area (Å²) in [6, 6.07) is 7.39. The molecule has 0 radical (unpaired) electrons. The minimum atomic E-state index is -4.67. The Bertz CT molecular complexity index is 907. The van der Waals surface area contributed by atoms with Crippen molar-refractivity contribution in [3.8, 4) is 16.2 Å². The van der Waals surface area contributed by atoms with Gasteiger partial charge in [-0.25, -0.2) is 0 Å². The lowest BCUT2D eigenvalue weighted by Gasteiger charge is -2.09. The second-order valence-electron chi connectivity index (χ2n) is 5.85. The summed E-state index contributed by atoms with van der Waals surface area (Å²) in [6.07, 6.45) is -4.67. The van der Waals surface area contributed by atoms with E-state index in [-0.39, 0.29) is 11.2 Å². The maximum atomic E-state index is 12.3. The largest absolute Gasteiger partial charge is 0.573 e. The van der Waals surface area contributed by atoms with Gasteiger partial charge in [-0.1, -0.05) is 0 Å². The highest BCUT2D eigenvalue weighted by Crippen LogP contribution is 2.37. The summed E-state index contributed by atoms with van der Waals surface area (Å²) in [5, 5.41) is 2.34. The van der Waals surface area contributed by atoms with Crippen LogP contribution in [0.5, 0.6) is 5.75 Å². The Morgan fingerprint density at radius 3 is 2.19 bits per heavy atom. The molecule has 0 saturated heterocycles. The molecule has 2 N–H and O–H groups in total. The summed E-state index contributed by atoms with van der Waals surface area (Å²) in [6.45, 7) is 5.87. The van der Waals surface area contributed by atoms with Crippen molar-refractivity contribution in [3.05, 3.63) is 46.5 Å². The van der Waals surface area contributed by atoms with E-state index in [1.165, 1.54) is 22.8 Å². The summed E-state index contributed by atoms with van der Waals surface area (Å²) >= 11 is 1.23. The van der Waals surface area contributed by atoms with Crippen LogP contribution < -0.4 is 4.74 Å². The zero-order valence-electron chi connectivity index (χ0n) is 15.7. The van der Waals surface area contributed by atoms with Crippen LogP contribution in [0.25, 0.3) is 21.3 Å². The molecule has 1 aromatic carbocycles. The van der Waals surface area contributed by atoms with Crippen molar-refractivity contribution in [2.24, 2.45) is 0 Å². The van der Waals surface area contributed by atoms with Gasteiger partial charge in [-0.2, -0.15) is 0 Å². The Morgan fingerprint density at radius 1 is 0.963 bits per heavy atom. The molecule has 0 aliphatic carbocycles. The van der Waals surface area contributed by atoms with Gasteiger partial charge < -0.3 is 14.9 Å². The van der Waals surface area contributed by atoms with Gasteiger partial charge in [0.1, 0.15) is 5.75 Å². The first-order chi connectivity index (χ1) is 12.1. The quantitative estimate of drug-likeness (QED) is 0.591. The van der Waals surface area contributed by atoms with E-state index < -0.39 is 6.36 Å². The van der Waals surface area contributed by atoms with Crippen LogP contribution in [0.1, 0.15) is 16.8 Å². The fourth-order valence-corrected chi connectivity index (χ4v) is 3.33. The molecule has 27 heavy (non-hydrogen) atoms. The SMILES string of the molecule is COC.Cc1cc2nc(C)c(C)cc2cc1-c1cc(OC(F)(F)F)cs1.O. The standard InChI is InChI=1S/C17H14F3NOS.C2H6O.H2O/c1-9-4-12-6-14(10(2)5-15(12)21-11(9)3)16-7-13(8-23-16)22-17(18,19)20;1-3-2;/h4-8H,1-3H3;1-2H3;1H2. The van der Waals surface area contributed by atoms with Gasteiger partial charge in [-0.15, -0.1) is 24.5 Å². The number of nitrogens with zero attached hydrogens (tertiary/aromatic N) is 1. The van der Waals surface area contributed by atoms with Gasteiger partial charge in [0.05, 0.1) is 5.52 Å². The normalized spacial score (nSPS) is 10.8. The lowest BCUT2D eigenvalue weighted by atomic mass is 10.0. The fourth-order valence-electron chi connectivity index (χ4n) is 2.44. The van der Waals surface area contributed by atoms with Crippen LogP contribution in [-0.4, -0.2) is 31.0 Å². The Labute approximate surface area is 159 Å². The van der Waals surface area contributed by atoms with E-state index >= 15 is 0 Å². The smallest absolute Gasteiger partial charge is 0.412 e. The highest BCUT2D eigenvalue weighted by molar-refractivity contribution is 7.13. The molecule has 3 rings (SSSR count). The molecule has 2 heterocycles. The molecule has 0 spiro atoms. The number of halogens is 3. The van der Waals surface area contributed by atoms with Gasteiger partial charge in [-0.3, -0.25) is 4.98 Å². The van der Waals surface area contributed by atoms with Crippen LogP contribution in [-0.2, 0) is 4.74 Å². The fraction of sp³-hybridized carbons (Fsp3) is 0.316. The van der Waals surface area contributed by atoms with Crippen molar-refractivity contribution < 1.29 is 28.1 Å². The van der Waals surface area contributed by atoms with E-state index in [0.717, 1.165) is 38.2 Å². The van der Waals surface area contributed by atoms with Crippen molar-refractivity contribution in [3.63, 3.8) is 0 Å². The Morgan fingerprint density at radius 2 is 1.59 bits per heavy atom. The highest BCUT2D eigenvalue weighted by Gasteiger charge is 2.31. The molecular weight excluding hydrogens is 379 g/mol. The van der Waals surface area contributed by atoms with Crippen molar-refractivity contribution in [1.82, 2.24) is 4.98 Å². The lowest BCUT2D eigenvalue weighted by Crippen LogP contribution is -2.16. The third-order valence-corrected chi connectivity index (χ3v) is 4.62. The number of methoxy groups -OCH3 is 1. The third-order valence-electron chi connectivity index (χ3n) is 3.68. The number of aromatic nitrogens is 1. The van der Waals surface area contributed by atoms with E-state index in [9.17, 15) is 13.2 Å². The molecule has 3 aromatic rings. The maximum Gasteiger partial charge on any atom is 0.573 e. The summed E-state index contributed by atoms with van der Waals surface area (Å²) < 4.78 is 45.1. The number of hydrogen-bond donors (Lipinski definition) is 0. The first-order valence-corrected chi connectivity index (χ1v) is 8.66. The van der Waals surface area contributed by atoms with Gasteiger partial charge in [0.25, 0.3) is 0 Å². The number of thiophene rings is 1. The van der Waals surface area contributed by atoms with E-state index in [2.05, 4.69) is 14.5 Å². The number of fused-ring (bicyclic) bond motifs is 1. The first-order valence-electron chi connectivity index (χ1n) is 7.78. The molecule has 0 bridgehead atoms.